The van der Waals surface area contributed by atoms with E-state index >= 15 is 0 Å². The van der Waals surface area contributed by atoms with Gasteiger partial charge in [0.05, 0.1) is 30.8 Å². The van der Waals surface area contributed by atoms with Crippen LogP contribution in [0.1, 0.15) is 24.2 Å². The predicted molar refractivity (Wildman–Crippen MR) is 156 cm³/mol. The lowest BCUT2D eigenvalue weighted by Gasteiger charge is -2.49. The highest BCUT2D eigenvalue weighted by Gasteiger charge is 2.50. The Kier molecular flexibility index (Phi) is 11.7. The highest BCUT2D eigenvalue weighted by molar-refractivity contribution is 7.88. The fourth-order valence-electron chi connectivity index (χ4n) is 5.36. The van der Waals surface area contributed by atoms with Gasteiger partial charge in [-0.1, -0.05) is 42.5 Å². The molecule has 258 valence electrons. The maximum Gasteiger partial charge on any atom is 0.490 e. The summed E-state index contributed by atoms with van der Waals surface area (Å²) in [6, 6.07) is 18.3. The molecule has 0 saturated carbocycles. The lowest BCUT2D eigenvalue weighted by molar-refractivity contribution is -0.193. The molecule has 1 saturated heterocycles. The molecule has 3 aromatic rings. The Hall–Kier alpha value is -4.16. The molecule has 18 heteroatoms. The number of nitrogens with zero attached hydrogens (tertiary/aromatic N) is 4. The molecular formula is C29H32F6N4O7S. The molecule has 0 amide bonds. The first-order chi connectivity index (χ1) is 21.8. The molecule has 1 spiro atoms. The highest BCUT2D eigenvalue weighted by atomic mass is 32.2. The second-order valence-electron chi connectivity index (χ2n) is 10.6. The first kappa shape index (κ1) is 37.3. The third-order valence-corrected chi connectivity index (χ3v) is 8.81. The number of likely N-dealkylation sites (tertiary alicyclic amines) is 1. The minimum absolute atomic E-state index is 0.473. The van der Waals surface area contributed by atoms with Crippen molar-refractivity contribution in [2.45, 2.75) is 43.8 Å². The number of sulfonamides is 1. The minimum atomic E-state index is -5.08. The lowest BCUT2D eigenvalue weighted by atomic mass is 9.85. The van der Waals surface area contributed by atoms with Crippen molar-refractivity contribution in [3.8, 4) is 17.0 Å². The normalized spacial score (nSPS) is 16.6. The van der Waals surface area contributed by atoms with E-state index in [4.69, 9.17) is 29.5 Å². The van der Waals surface area contributed by atoms with Gasteiger partial charge in [-0.15, -0.1) is 0 Å². The summed E-state index contributed by atoms with van der Waals surface area (Å²) in [5.41, 5.74) is 2.79. The quantitative estimate of drug-likeness (QED) is 0.367. The number of carboxylic acid groups (broad SMARTS) is 2. The first-order valence-electron chi connectivity index (χ1n) is 13.8. The summed E-state index contributed by atoms with van der Waals surface area (Å²) in [5, 5.41) is 14.2. The van der Waals surface area contributed by atoms with Gasteiger partial charge in [0, 0.05) is 32.7 Å². The van der Waals surface area contributed by atoms with E-state index in [0.717, 1.165) is 55.3 Å². The number of aromatic nitrogens is 2. The average Bonchev–Trinajstić information content (AvgIpc) is 3.44. The Bertz CT molecular complexity index is 1600. The fraction of sp³-hybridized carbons (Fsp3) is 0.414. The van der Waals surface area contributed by atoms with E-state index < -0.39 is 39.9 Å². The van der Waals surface area contributed by atoms with Crippen LogP contribution in [0, 0.1) is 0 Å². The first-order valence-corrected chi connectivity index (χ1v) is 15.7. The summed E-state index contributed by atoms with van der Waals surface area (Å²) in [5.74, 6) is -3.79. The van der Waals surface area contributed by atoms with Gasteiger partial charge in [-0.2, -0.15) is 30.6 Å². The molecule has 2 aromatic carbocycles. The third-order valence-electron chi connectivity index (χ3n) is 7.48. The van der Waals surface area contributed by atoms with Crippen LogP contribution in [0.2, 0.25) is 0 Å². The molecule has 1 aromatic heterocycles. The molecule has 5 rings (SSSR count). The number of imidazole rings is 1. The van der Waals surface area contributed by atoms with Crippen LogP contribution >= 0.6 is 0 Å². The second kappa shape index (κ2) is 14.7. The van der Waals surface area contributed by atoms with Crippen molar-refractivity contribution in [3.63, 3.8) is 0 Å². The molecule has 11 nitrogen and oxygen atoms in total. The summed E-state index contributed by atoms with van der Waals surface area (Å²) in [6.45, 7) is 3.55. The average molecular weight is 695 g/mol. The standard InChI is InChI=1S/C25H30N4O3S.2C2HF3O2/c1-32-22-10-8-20(9-11-22)19-27-14-12-25(13-15-27)24-26-18-23(21-6-4-3-5-7-21)28(24)16-17-29(25)33(2,30)31;2*3-2(4,5)1(6)7/h3-11,18H,12-17,19H2,1-2H3;2*(H,6,7). The van der Waals surface area contributed by atoms with Gasteiger partial charge in [0.25, 0.3) is 0 Å². The number of carboxylic acids is 2. The molecule has 2 aliphatic heterocycles. The Balaban J connectivity index is 0.000000360. The maximum atomic E-state index is 12.8. The van der Waals surface area contributed by atoms with E-state index in [1.807, 2.05) is 36.5 Å². The zero-order valence-corrected chi connectivity index (χ0v) is 25.9. The summed E-state index contributed by atoms with van der Waals surface area (Å²) >= 11 is 0. The van der Waals surface area contributed by atoms with Gasteiger partial charge in [0.1, 0.15) is 11.6 Å². The van der Waals surface area contributed by atoms with Crippen LogP contribution in [0.3, 0.4) is 0 Å². The van der Waals surface area contributed by atoms with E-state index in [-0.39, 0.29) is 0 Å². The van der Waals surface area contributed by atoms with Gasteiger partial charge in [0.2, 0.25) is 10.0 Å². The zero-order valence-electron chi connectivity index (χ0n) is 25.1. The van der Waals surface area contributed by atoms with E-state index in [0.29, 0.717) is 13.1 Å². The highest BCUT2D eigenvalue weighted by Crippen LogP contribution is 2.44. The van der Waals surface area contributed by atoms with E-state index in [1.54, 1.807) is 11.4 Å². The minimum Gasteiger partial charge on any atom is -0.497 e. The van der Waals surface area contributed by atoms with Gasteiger partial charge in [-0.05, 0) is 36.1 Å². The maximum absolute atomic E-state index is 12.8. The Morgan fingerprint density at radius 2 is 1.38 bits per heavy atom. The Morgan fingerprint density at radius 1 is 0.872 bits per heavy atom. The van der Waals surface area contributed by atoms with E-state index in [1.165, 1.54) is 11.8 Å². The topological polar surface area (TPSA) is 142 Å². The number of rotatable bonds is 5. The molecule has 47 heavy (non-hydrogen) atoms. The zero-order chi connectivity index (χ0) is 35.2. The summed E-state index contributed by atoms with van der Waals surface area (Å²) < 4.78 is 98.4. The lowest BCUT2D eigenvalue weighted by Crippen LogP contribution is -2.59. The molecule has 3 heterocycles. The number of hydrogen-bond acceptors (Lipinski definition) is 7. The van der Waals surface area contributed by atoms with Gasteiger partial charge in [-0.3, -0.25) is 4.90 Å². The van der Waals surface area contributed by atoms with Crippen LogP contribution in [-0.4, -0.2) is 94.7 Å². The smallest absolute Gasteiger partial charge is 0.490 e. The van der Waals surface area contributed by atoms with Gasteiger partial charge >= 0.3 is 24.3 Å². The summed E-state index contributed by atoms with van der Waals surface area (Å²) in [6.07, 6.45) is -5.49. The molecule has 0 atom stereocenters. The predicted octanol–water partition coefficient (Wildman–Crippen LogP) is 4.59. The van der Waals surface area contributed by atoms with E-state index in [2.05, 4.69) is 33.7 Å². The largest absolute Gasteiger partial charge is 0.497 e. The Morgan fingerprint density at radius 3 is 1.83 bits per heavy atom. The van der Waals surface area contributed by atoms with Gasteiger partial charge in [-0.25, -0.2) is 23.0 Å². The number of halogens is 6. The van der Waals surface area contributed by atoms with Crippen molar-refractivity contribution in [2.75, 3.05) is 33.0 Å². The number of ether oxygens (including phenoxy) is 1. The molecule has 0 unspecified atom stereocenters. The van der Waals surface area contributed by atoms with Gasteiger partial charge < -0.3 is 19.5 Å². The van der Waals surface area contributed by atoms with E-state index in [9.17, 15) is 34.8 Å². The third kappa shape index (κ3) is 9.45. The number of piperidine rings is 1. The molecular weight excluding hydrogens is 662 g/mol. The number of hydrogen-bond donors (Lipinski definition) is 2. The van der Waals surface area contributed by atoms with Crippen molar-refractivity contribution in [2.24, 2.45) is 0 Å². The molecule has 0 bridgehead atoms. The van der Waals surface area contributed by atoms with Crippen LogP contribution in [0.4, 0.5) is 26.3 Å². The number of methoxy groups -OCH3 is 1. The molecule has 1 fully saturated rings. The van der Waals surface area contributed by atoms with Crippen LogP contribution in [-0.2, 0) is 38.2 Å². The monoisotopic (exact) mass is 694 g/mol. The summed E-state index contributed by atoms with van der Waals surface area (Å²) in [4.78, 5) is 25.0. The molecule has 0 aliphatic carbocycles. The van der Waals surface area contributed by atoms with Crippen LogP contribution in [0.5, 0.6) is 5.75 Å². The van der Waals surface area contributed by atoms with Crippen molar-refractivity contribution >= 4 is 22.0 Å². The number of fused-ring (bicyclic) bond motifs is 2. The molecule has 2 aliphatic rings. The van der Waals surface area contributed by atoms with Crippen LogP contribution in [0.15, 0.2) is 60.8 Å². The number of alkyl halides is 6. The molecule has 0 radical (unpaired) electrons. The van der Waals surface area contributed by atoms with Crippen LogP contribution in [0.25, 0.3) is 11.3 Å². The Labute approximate surface area is 266 Å². The van der Waals surface area contributed by atoms with Crippen molar-refractivity contribution in [3.05, 3.63) is 72.2 Å². The van der Waals surface area contributed by atoms with Crippen molar-refractivity contribution < 1.29 is 59.3 Å². The van der Waals surface area contributed by atoms with Crippen molar-refractivity contribution in [1.29, 1.82) is 0 Å². The second-order valence-corrected chi connectivity index (χ2v) is 12.5. The number of aliphatic carboxylic acids is 2. The van der Waals surface area contributed by atoms with Crippen molar-refractivity contribution in [1.82, 2.24) is 18.8 Å². The fourth-order valence-corrected chi connectivity index (χ4v) is 6.67. The molecule has 2 N–H and O–H groups in total. The van der Waals surface area contributed by atoms with Gasteiger partial charge in [0.15, 0.2) is 0 Å². The SMILES string of the molecule is COc1ccc(CN2CCC3(CC2)c2ncc(-c4ccccc4)n2CCN3S(C)(=O)=O)cc1.O=C(O)C(F)(F)F.O=C(O)C(F)(F)F. The summed E-state index contributed by atoms with van der Waals surface area (Å²) in [7, 11) is -1.70. The number of carbonyl (C=O) groups is 2. The number of benzene rings is 2. The van der Waals surface area contributed by atoms with Crippen LogP contribution < -0.4 is 4.74 Å².